The number of dihydropyridines is 1. The summed E-state index contributed by atoms with van der Waals surface area (Å²) in [5.74, 6) is -1.24. The molecule has 8 N–H and O–H groups in total. The summed E-state index contributed by atoms with van der Waals surface area (Å²) in [5, 5.41) is 56.9. The lowest BCUT2D eigenvalue weighted by Crippen LogP contribution is -2.67. The molecule has 1 saturated heterocycles. The van der Waals surface area contributed by atoms with Crippen LogP contribution < -0.4 is 20.5 Å². The van der Waals surface area contributed by atoms with E-state index in [0.717, 1.165) is 5.57 Å². The van der Waals surface area contributed by atoms with Crippen molar-refractivity contribution in [2.45, 2.75) is 50.0 Å². The molecule has 41 heavy (non-hydrogen) atoms. The Labute approximate surface area is 235 Å². The molecule has 0 bridgehead atoms. The molecule has 12 heteroatoms. The Bertz CT molecular complexity index is 1460. The van der Waals surface area contributed by atoms with E-state index in [0.29, 0.717) is 17.9 Å². The van der Waals surface area contributed by atoms with E-state index < -0.39 is 48.4 Å². The molecule has 2 aromatic rings. The van der Waals surface area contributed by atoms with Gasteiger partial charge in [-0.1, -0.05) is 6.08 Å². The van der Waals surface area contributed by atoms with Gasteiger partial charge in [0.1, 0.15) is 41.2 Å². The van der Waals surface area contributed by atoms with Crippen molar-refractivity contribution in [2.75, 3.05) is 20.3 Å². The smallest absolute Gasteiger partial charge is 0.229 e. The summed E-state index contributed by atoms with van der Waals surface area (Å²) in [6, 6.07) is 5.53. The van der Waals surface area contributed by atoms with Gasteiger partial charge in [-0.05, 0) is 55.2 Å². The van der Waals surface area contributed by atoms with Crippen molar-refractivity contribution in [3.05, 3.63) is 75.6 Å². The Morgan fingerprint density at radius 3 is 2.54 bits per heavy atom. The van der Waals surface area contributed by atoms with Gasteiger partial charge in [-0.3, -0.25) is 9.59 Å². The van der Waals surface area contributed by atoms with Gasteiger partial charge in [0.15, 0.2) is 5.78 Å². The van der Waals surface area contributed by atoms with Gasteiger partial charge in [0, 0.05) is 23.7 Å². The highest BCUT2D eigenvalue weighted by atomic mass is 16.7. The average Bonchev–Trinajstić information content (AvgIpc) is 2.94. The topological polar surface area (TPSA) is 201 Å². The van der Waals surface area contributed by atoms with Crippen LogP contribution in [0.5, 0.6) is 17.2 Å². The third-order valence-electron chi connectivity index (χ3n) is 7.72. The summed E-state index contributed by atoms with van der Waals surface area (Å²) in [4.78, 5) is 27.0. The van der Waals surface area contributed by atoms with Crippen molar-refractivity contribution in [2.24, 2.45) is 5.73 Å². The Hall–Kier alpha value is -3.94. The molecule has 3 aliphatic rings. The van der Waals surface area contributed by atoms with Crippen molar-refractivity contribution < 1.29 is 49.3 Å². The number of allylic oxidation sites excluding steroid dienone is 2. The molecule has 1 fully saturated rings. The molecule has 0 radical (unpaired) electrons. The summed E-state index contributed by atoms with van der Waals surface area (Å²) in [6.07, 6.45) is -3.00. The number of carbonyl (C=O) groups excluding carboxylic acids is 2. The van der Waals surface area contributed by atoms with E-state index in [-0.39, 0.29) is 52.3 Å². The van der Waals surface area contributed by atoms with Gasteiger partial charge in [0.25, 0.3) is 0 Å². The average molecular weight is 569 g/mol. The Morgan fingerprint density at radius 2 is 1.85 bits per heavy atom. The van der Waals surface area contributed by atoms with Crippen LogP contribution in [0.2, 0.25) is 0 Å². The predicted molar refractivity (Wildman–Crippen MR) is 144 cm³/mol. The molecule has 218 valence electrons. The van der Waals surface area contributed by atoms with Crippen LogP contribution in [0.25, 0.3) is 0 Å². The number of nitrogens with two attached hydrogens (primary N) is 1. The number of rotatable bonds is 7. The molecule has 5 atom stereocenters. The van der Waals surface area contributed by atoms with E-state index >= 15 is 0 Å². The van der Waals surface area contributed by atoms with Crippen LogP contribution in [0.4, 0.5) is 0 Å². The first-order valence-corrected chi connectivity index (χ1v) is 13.0. The molecule has 12 nitrogen and oxygen atoms in total. The number of aryl methyl sites for hydroxylation is 1. The zero-order valence-corrected chi connectivity index (χ0v) is 22.5. The largest absolute Gasteiger partial charge is 0.507 e. The fourth-order valence-corrected chi connectivity index (χ4v) is 5.53. The number of carbonyl (C=O) groups is 2. The van der Waals surface area contributed by atoms with Gasteiger partial charge in [-0.25, -0.2) is 0 Å². The van der Waals surface area contributed by atoms with E-state index in [1.54, 1.807) is 13.0 Å². The number of hydrogen-bond acceptors (Lipinski definition) is 12. The minimum Gasteiger partial charge on any atom is -0.507 e. The minimum absolute atomic E-state index is 0.0226. The van der Waals surface area contributed by atoms with Gasteiger partial charge < -0.3 is 50.8 Å². The van der Waals surface area contributed by atoms with Gasteiger partial charge in [0.05, 0.1) is 30.7 Å². The van der Waals surface area contributed by atoms with Crippen LogP contribution in [-0.4, -0.2) is 87.6 Å². The number of ether oxygens (including phenoxy) is 3. The maximum Gasteiger partial charge on any atom is 0.229 e. The van der Waals surface area contributed by atoms with Crippen LogP contribution in [0, 0.1) is 6.92 Å². The number of aromatic hydroxyl groups is 1. The summed E-state index contributed by atoms with van der Waals surface area (Å²) in [5.41, 5.74) is 4.68. The van der Waals surface area contributed by atoms with Crippen LogP contribution in [0.1, 0.15) is 50.2 Å². The Balaban J connectivity index is 1.46. The number of phenolic OH excluding ortho intramolecular Hbond substituents is 1. The van der Waals surface area contributed by atoms with Gasteiger partial charge in [-0.15, -0.1) is 0 Å². The summed E-state index contributed by atoms with van der Waals surface area (Å²) < 4.78 is 16.9. The zero-order chi connectivity index (χ0) is 29.6. The summed E-state index contributed by atoms with van der Waals surface area (Å²) in [6.45, 7) is 1.44. The molecule has 5 unspecified atom stereocenters. The van der Waals surface area contributed by atoms with Crippen LogP contribution in [0.3, 0.4) is 0 Å². The second-order valence-electron chi connectivity index (χ2n) is 10.4. The first kappa shape index (κ1) is 28.6. The minimum atomic E-state index is -2.06. The van der Waals surface area contributed by atoms with E-state index in [1.807, 2.05) is 6.08 Å². The van der Waals surface area contributed by atoms with Gasteiger partial charge in [0.2, 0.25) is 12.1 Å². The second kappa shape index (κ2) is 10.8. The highest BCUT2D eigenvalue weighted by Crippen LogP contribution is 2.42. The lowest BCUT2D eigenvalue weighted by Gasteiger charge is -2.48. The van der Waals surface area contributed by atoms with Crippen molar-refractivity contribution in [3.63, 3.8) is 0 Å². The van der Waals surface area contributed by atoms with Crippen LogP contribution in [0.15, 0.2) is 47.8 Å². The third kappa shape index (κ3) is 4.94. The summed E-state index contributed by atoms with van der Waals surface area (Å²) >= 11 is 0. The zero-order valence-electron chi connectivity index (χ0n) is 22.5. The number of nitrogens with one attached hydrogen (secondary N) is 1. The maximum atomic E-state index is 13.6. The van der Waals surface area contributed by atoms with Crippen LogP contribution >= 0.6 is 0 Å². The molecule has 0 saturated carbocycles. The van der Waals surface area contributed by atoms with E-state index in [4.69, 9.17) is 19.9 Å². The molecule has 0 aromatic heterocycles. The highest BCUT2D eigenvalue weighted by molar-refractivity contribution is 6.30. The standard InChI is InChI=1S/C29H32N2O10/c1-13-7-16-22(18(33)8-13)25(35)23-17(24(16)34)10-15(39-2)11-19(23)40-28-26(36)27(37)29(38,20(12-32)41-28)5-3-14-4-6-31-21(30)9-14/h4,7-11,20,26-28,31-33,36-38H,3,5-6,12,30H2,1-2H3. The molecule has 2 aromatic carbocycles. The van der Waals surface area contributed by atoms with E-state index in [1.165, 1.54) is 31.4 Å². The first-order chi connectivity index (χ1) is 19.5. The van der Waals surface area contributed by atoms with Gasteiger partial charge >= 0.3 is 0 Å². The van der Waals surface area contributed by atoms with Crippen molar-refractivity contribution in [1.82, 2.24) is 5.32 Å². The molecule has 2 heterocycles. The fraction of sp³-hybridized carbons (Fsp3) is 0.379. The quantitative estimate of drug-likeness (QED) is 0.204. The highest BCUT2D eigenvalue weighted by Gasteiger charge is 2.55. The van der Waals surface area contributed by atoms with E-state index in [2.05, 4.69) is 5.32 Å². The number of ketones is 2. The Kier molecular flexibility index (Phi) is 7.53. The number of benzene rings is 2. The maximum absolute atomic E-state index is 13.6. The molecule has 2 aliphatic heterocycles. The second-order valence-corrected chi connectivity index (χ2v) is 10.4. The predicted octanol–water partition coefficient (Wildman–Crippen LogP) is 0.143. The molecule has 0 spiro atoms. The first-order valence-electron chi connectivity index (χ1n) is 13.0. The lowest BCUT2D eigenvalue weighted by molar-refractivity contribution is -0.314. The third-order valence-corrected chi connectivity index (χ3v) is 7.72. The van der Waals surface area contributed by atoms with Gasteiger partial charge in [-0.2, -0.15) is 0 Å². The SMILES string of the molecule is COc1cc(OC2OC(CO)C(O)(CCC3=CCNC(N)=C3)C(O)C2O)c2c(c1)C(=O)c1cc(C)cc(O)c1C2=O. The normalized spacial score (nSPS) is 27.3. The number of fused-ring (bicyclic) bond motifs is 2. The van der Waals surface area contributed by atoms with E-state index in [9.17, 15) is 35.1 Å². The van der Waals surface area contributed by atoms with Crippen molar-refractivity contribution in [1.29, 1.82) is 0 Å². The molecule has 1 aliphatic carbocycles. The van der Waals surface area contributed by atoms with Crippen LogP contribution in [-0.2, 0) is 4.74 Å². The number of methoxy groups -OCH3 is 1. The fourth-order valence-electron chi connectivity index (χ4n) is 5.53. The molecular weight excluding hydrogens is 536 g/mol. The molecule has 5 rings (SSSR count). The summed E-state index contributed by atoms with van der Waals surface area (Å²) in [7, 11) is 1.35. The van der Waals surface area contributed by atoms with Crippen molar-refractivity contribution >= 4 is 11.6 Å². The number of aliphatic hydroxyl groups excluding tert-OH is 3. The number of hydrogen-bond donors (Lipinski definition) is 7. The number of aliphatic hydroxyl groups is 4. The monoisotopic (exact) mass is 568 g/mol. The number of phenols is 1. The molecular formula is C29H32N2O10. The van der Waals surface area contributed by atoms with Crippen molar-refractivity contribution in [3.8, 4) is 17.2 Å². The molecule has 0 amide bonds. The Morgan fingerprint density at radius 1 is 1.12 bits per heavy atom. The lowest BCUT2D eigenvalue weighted by atomic mass is 9.79.